The van der Waals surface area contributed by atoms with Crippen molar-refractivity contribution in [3.8, 4) is 0 Å². The SMILES string of the molecule is COCC(=O)Nc1cccc(NCc2cc(=O)oc3c(C)c(C)ccc23)c1. The molecule has 1 amide bonds. The number of anilines is 2. The minimum absolute atomic E-state index is 0.00219. The van der Waals surface area contributed by atoms with Crippen LogP contribution in [0.25, 0.3) is 11.0 Å². The third kappa shape index (κ3) is 4.35. The van der Waals surface area contributed by atoms with Gasteiger partial charge in [-0.05, 0) is 48.7 Å². The largest absolute Gasteiger partial charge is 0.422 e. The van der Waals surface area contributed by atoms with E-state index >= 15 is 0 Å². The zero-order valence-electron chi connectivity index (χ0n) is 15.6. The molecule has 140 valence electrons. The predicted octanol–water partition coefficient (Wildman–Crippen LogP) is 3.61. The number of nitrogens with one attached hydrogen (secondary N) is 2. The van der Waals surface area contributed by atoms with Gasteiger partial charge in [-0.3, -0.25) is 4.79 Å². The van der Waals surface area contributed by atoms with Crippen molar-refractivity contribution >= 4 is 28.3 Å². The van der Waals surface area contributed by atoms with E-state index in [0.29, 0.717) is 17.8 Å². The second-order valence-corrected chi connectivity index (χ2v) is 6.39. The number of carbonyl (C=O) groups is 1. The van der Waals surface area contributed by atoms with Crippen LogP contribution in [0, 0.1) is 13.8 Å². The molecule has 0 bridgehead atoms. The Morgan fingerprint density at radius 1 is 1.11 bits per heavy atom. The number of hydrogen-bond acceptors (Lipinski definition) is 5. The normalized spacial score (nSPS) is 10.8. The van der Waals surface area contributed by atoms with Crippen molar-refractivity contribution in [3.63, 3.8) is 0 Å². The number of benzene rings is 2. The number of carbonyl (C=O) groups excluding carboxylic acids is 1. The van der Waals surface area contributed by atoms with E-state index in [4.69, 9.17) is 9.15 Å². The Bertz CT molecular complexity index is 1040. The Kier molecular flexibility index (Phi) is 5.57. The molecule has 3 rings (SSSR count). The minimum Gasteiger partial charge on any atom is -0.422 e. The summed E-state index contributed by atoms with van der Waals surface area (Å²) in [7, 11) is 1.47. The van der Waals surface area contributed by atoms with Gasteiger partial charge in [0.05, 0.1) is 0 Å². The Hall–Kier alpha value is -3.12. The van der Waals surface area contributed by atoms with Gasteiger partial charge in [-0.25, -0.2) is 4.79 Å². The highest BCUT2D eigenvalue weighted by molar-refractivity contribution is 5.92. The van der Waals surface area contributed by atoms with Crippen molar-refractivity contribution in [1.82, 2.24) is 0 Å². The van der Waals surface area contributed by atoms with Gasteiger partial charge in [0.15, 0.2) is 0 Å². The number of fused-ring (bicyclic) bond motifs is 1. The van der Waals surface area contributed by atoms with Gasteiger partial charge in [0.1, 0.15) is 12.2 Å². The number of rotatable bonds is 6. The minimum atomic E-state index is -0.367. The number of ether oxygens (including phenoxy) is 1. The fourth-order valence-electron chi connectivity index (χ4n) is 2.90. The van der Waals surface area contributed by atoms with Gasteiger partial charge in [0.2, 0.25) is 5.91 Å². The van der Waals surface area contributed by atoms with Crippen molar-refractivity contribution in [2.75, 3.05) is 24.4 Å². The molecule has 0 spiro atoms. The molecule has 1 heterocycles. The molecular formula is C21H22N2O4. The molecule has 1 aromatic heterocycles. The highest BCUT2D eigenvalue weighted by Gasteiger charge is 2.10. The van der Waals surface area contributed by atoms with Gasteiger partial charge in [0.25, 0.3) is 0 Å². The average molecular weight is 366 g/mol. The quantitative estimate of drug-likeness (QED) is 0.652. The van der Waals surface area contributed by atoms with Gasteiger partial charge in [0, 0.05) is 36.5 Å². The maximum Gasteiger partial charge on any atom is 0.336 e. The lowest BCUT2D eigenvalue weighted by atomic mass is 10.0. The van der Waals surface area contributed by atoms with E-state index in [0.717, 1.165) is 27.8 Å². The van der Waals surface area contributed by atoms with Crippen molar-refractivity contribution in [2.45, 2.75) is 20.4 Å². The van der Waals surface area contributed by atoms with E-state index in [1.807, 2.05) is 44.2 Å². The van der Waals surface area contributed by atoms with Gasteiger partial charge >= 0.3 is 5.63 Å². The molecule has 0 saturated heterocycles. The van der Waals surface area contributed by atoms with Crippen molar-refractivity contribution < 1.29 is 13.9 Å². The zero-order valence-corrected chi connectivity index (χ0v) is 15.6. The maximum atomic E-state index is 12.0. The summed E-state index contributed by atoms with van der Waals surface area (Å²) < 4.78 is 10.2. The highest BCUT2D eigenvalue weighted by Crippen LogP contribution is 2.24. The number of amides is 1. The summed E-state index contributed by atoms with van der Waals surface area (Å²) in [5, 5.41) is 6.97. The summed E-state index contributed by atoms with van der Waals surface area (Å²) in [6, 6.07) is 12.9. The Balaban J connectivity index is 1.82. The van der Waals surface area contributed by atoms with Crippen LogP contribution >= 0.6 is 0 Å². The van der Waals surface area contributed by atoms with Gasteiger partial charge < -0.3 is 19.8 Å². The summed E-state index contributed by atoms with van der Waals surface area (Å²) in [5.41, 5.74) is 4.66. The van der Waals surface area contributed by atoms with Crippen molar-refractivity contribution in [2.24, 2.45) is 0 Å². The third-order valence-corrected chi connectivity index (χ3v) is 4.42. The van der Waals surface area contributed by atoms with Crippen molar-refractivity contribution in [3.05, 3.63) is 69.6 Å². The third-order valence-electron chi connectivity index (χ3n) is 4.42. The van der Waals surface area contributed by atoms with Crippen LogP contribution in [0.5, 0.6) is 0 Å². The lowest BCUT2D eigenvalue weighted by Crippen LogP contribution is -2.17. The topological polar surface area (TPSA) is 80.6 Å². The molecule has 2 N–H and O–H groups in total. The Morgan fingerprint density at radius 3 is 2.67 bits per heavy atom. The molecule has 0 atom stereocenters. The first-order valence-electron chi connectivity index (χ1n) is 8.63. The molecule has 0 aliphatic heterocycles. The van der Waals surface area contributed by atoms with Crippen LogP contribution in [0.15, 0.2) is 51.7 Å². The van der Waals surface area contributed by atoms with Gasteiger partial charge in [-0.1, -0.05) is 18.2 Å². The molecule has 2 aromatic carbocycles. The summed E-state index contributed by atoms with van der Waals surface area (Å²) in [5.74, 6) is -0.216. The van der Waals surface area contributed by atoms with Crippen LogP contribution in [0.3, 0.4) is 0 Å². The van der Waals surface area contributed by atoms with Crippen LogP contribution in [0.1, 0.15) is 16.7 Å². The van der Waals surface area contributed by atoms with E-state index in [9.17, 15) is 9.59 Å². The van der Waals surface area contributed by atoms with Crippen LogP contribution in [0.2, 0.25) is 0 Å². The molecule has 0 saturated carbocycles. The summed E-state index contributed by atoms with van der Waals surface area (Å²) >= 11 is 0. The zero-order chi connectivity index (χ0) is 19.4. The molecule has 6 heteroatoms. The standard InChI is InChI=1S/C21H22N2O4/c1-13-7-8-18-15(9-20(25)27-21(18)14(13)2)11-22-16-5-4-6-17(10-16)23-19(24)12-26-3/h4-10,22H,11-12H2,1-3H3,(H,23,24). The fraction of sp³-hybridized carbons (Fsp3) is 0.238. The first kappa shape index (κ1) is 18.7. The summed E-state index contributed by atoms with van der Waals surface area (Å²) in [6.45, 7) is 4.40. The average Bonchev–Trinajstić information content (AvgIpc) is 2.63. The monoisotopic (exact) mass is 366 g/mol. The summed E-state index contributed by atoms with van der Waals surface area (Å²) in [4.78, 5) is 23.6. The number of aryl methyl sites for hydroxylation is 2. The molecule has 0 radical (unpaired) electrons. The van der Waals surface area contributed by atoms with Crippen LogP contribution in [0.4, 0.5) is 11.4 Å². The fourth-order valence-corrected chi connectivity index (χ4v) is 2.90. The molecule has 0 aliphatic rings. The number of hydrogen-bond donors (Lipinski definition) is 2. The van der Waals surface area contributed by atoms with E-state index < -0.39 is 0 Å². The molecule has 0 unspecified atom stereocenters. The Labute approximate surface area is 157 Å². The van der Waals surface area contributed by atoms with Crippen LogP contribution in [-0.4, -0.2) is 19.6 Å². The number of methoxy groups -OCH3 is 1. The summed E-state index contributed by atoms with van der Waals surface area (Å²) in [6.07, 6.45) is 0. The predicted molar refractivity (Wildman–Crippen MR) is 106 cm³/mol. The smallest absolute Gasteiger partial charge is 0.336 e. The lowest BCUT2D eigenvalue weighted by Gasteiger charge is -2.12. The second-order valence-electron chi connectivity index (χ2n) is 6.39. The van der Waals surface area contributed by atoms with Crippen molar-refractivity contribution in [1.29, 1.82) is 0 Å². The van der Waals surface area contributed by atoms with Gasteiger partial charge in [-0.15, -0.1) is 0 Å². The maximum absolute atomic E-state index is 12.0. The van der Waals surface area contributed by atoms with E-state index in [-0.39, 0.29) is 18.1 Å². The lowest BCUT2D eigenvalue weighted by molar-refractivity contribution is -0.119. The Morgan fingerprint density at radius 2 is 1.89 bits per heavy atom. The van der Waals surface area contributed by atoms with E-state index in [1.165, 1.54) is 13.2 Å². The molecule has 6 nitrogen and oxygen atoms in total. The molecule has 27 heavy (non-hydrogen) atoms. The first-order valence-corrected chi connectivity index (χ1v) is 8.63. The van der Waals surface area contributed by atoms with E-state index in [2.05, 4.69) is 10.6 Å². The molecular weight excluding hydrogens is 344 g/mol. The van der Waals surface area contributed by atoms with E-state index in [1.54, 1.807) is 6.07 Å². The van der Waals surface area contributed by atoms with Crippen LogP contribution < -0.4 is 16.3 Å². The van der Waals surface area contributed by atoms with Gasteiger partial charge in [-0.2, -0.15) is 0 Å². The molecule has 3 aromatic rings. The molecule has 0 aliphatic carbocycles. The van der Waals surface area contributed by atoms with Crippen LogP contribution in [-0.2, 0) is 16.1 Å². The first-order chi connectivity index (χ1) is 13.0. The second kappa shape index (κ2) is 8.05. The highest BCUT2D eigenvalue weighted by atomic mass is 16.5. The molecule has 0 fully saturated rings.